The Morgan fingerprint density at radius 1 is 1.37 bits per heavy atom. The normalized spacial score (nSPS) is 36.5. The first-order valence-electron chi connectivity index (χ1n) is 9.48. The fourth-order valence-corrected chi connectivity index (χ4v) is 5.88. The number of aliphatic hydroxyl groups excluding tert-OH is 1. The number of nitrogens with zero attached hydrogens (tertiary/aromatic N) is 1. The number of aliphatic carboxylic acids is 1. The van der Waals surface area contributed by atoms with Crippen LogP contribution in [0, 0.1) is 17.8 Å². The lowest BCUT2D eigenvalue weighted by Crippen LogP contribution is -2.63. The maximum atomic E-state index is 12.4. The zero-order chi connectivity index (χ0) is 19.5. The van der Waals surface area contributed by atoms with Crippen LogP contribution in [0.3, 0.4) is 0 Å². The van der Waals surface area contributed by atoms with Gasteiger partial charge in [-0.3, -0.25) is 14.9 Å². The van der Waals surface area contributed by atoms with Gasteiger partial charge in [-0.2, -0.15) is 0 Å². The van der Waals surface area contributed by atoms with E-state index in [1.54, 1.807) is 6.92 Å². The van der Waals surface area contributed by atoms with Crippen molar-refractivity contribution in [2.75, 3.05) is 6.54 Å². The molecule has 4 rings (SSSR count). The van der Waals surface area contributed by atoms with Crippen LogP contribution in [0.1, 0.15) is 33.1 Å². The number of hydrogen-bond donors (Lipinski definition) is 4. The fourth-order valence-electron chi connectivity index (χ4n) is 4.40. The van der Waals surface area contributed by atoms with E-state index in [2.05, 4.69) is 10.6 Å². The van der Waals surface area contributed by atoms with Crippen LogP contribution in [-0.4, -0.2) is 63.0 Å². The number of rotatable bonds is 6. The highest BCUT2D eigenvalue weighted by atomic mass is 32.2. The number of thioether (sulfide) groups is 1. The van der Waals surface area contributed by atoms with Gasteiger partial charge in [0.15, 0.2) is 0 Å². The van der Waals surface area contributed by atoms with Gasteiger partial charge in [-0.05, 0) is 26.2 Å². The van der Waals surface area contributed by atoms with E-state index < -0.39 is 18.0 Å². The summed E-state index contributed by atoms with van der Waals surface area (Å²) in [6.07, 6.45) is 1.74. The van der Waals surface area contributed by atoms with E-state index in [1.807, 2.05) is 6.92 Å². The van der Waals surface area contributed by atoms with Crippen molar-refractivity contribution in [3.8, 4) is 0 Å². The molecule has 148 valence electrons. The Bertz CT molecular complexity index is 720. The van der Waals surface area contributed by atoms with Crippen LogP contribution in [0.2, 0.25) is 0 Å². The summed E-state index contributed by atoms with van der Waals surface area (Å²) in [5.74, 6) is -1.84. The smallest absolute Gasteiger partial charge is 0.353 e. The summed E-state index contributed by atoms with van der Waals surface area (Å²) in [5.41, 5.74) is 0.0601. The lowest BCUT2D eigenvalue weighted by molar-refractivity contribution is -0.163. The first-order valence-corrected chi connectivity index (χ1v) is 10.4. The van der Waals surface area contributed by atoms with Gasteiger partial charge in [0, 0.05) is 28.5 Å². The lowest BCUT2D eigenvalue weighted by Gasteiger charge is -2.46. The average Bonchev–Trinajstić information content (AvgIpc) is 3.30. The third-order valence-corrected chi connectivity index (χ3v) is 7.47. The topological polar surface area (TPSA) is 119 Å². The summed E-state index contributed by atoms with van der Waals surface area (Å²) in [5, 5.41) is 26.0. The molecule has 4 N–H and O–H groups in total. The van der Waals surface area contributed by atoms with Gasteiger partial charge in [0.05, 0.1) is 24.2 Å². The molecule has 27 heavy (non-hydrogen) atoms. The second-order valence-corrected chi connectivity index (χ2v) is 9.33. The van der Waals surface area contributed by atoms with E-state index in [9.17, 15) is 24.6 Å². The predicted molar refractivity (Wildman–Crippen MR) is 98.3 cm³/mol. The van der Waals surface area contributed by atoms with Gasteiger partial charge in [-0.15, -0.1) is 11.8 Å². The number of nitrogens with one attached hydrogen (secondary N) is 2. The minimum Gasteiger partial charge on any atom is -0.477 e. The number of carbonyl (C=O) groups is 3. The van der Waals surface area contributed by atoms with Crippen molar-refractivity contribution in [3.63, 3.8) is 0 Å². The first kappa shape index (κ1) is 18.8. The van der Waals surface area contributed by atoms with Gasteiger partial charge < -0.3 is 20.4 Å². The van der Waals surface area contributed by atoms with E-state index in [-0.39, 0.29) is 46.8 Å². The third-order valence-electron chi connectivity index (χ3n) is 5.96. The maximum absolute atomic E-state index is 12.4. The summed E-state index contributed by atoms with van der Waals surface area (Å²) in [6, 6.07) is -0.286. The molecule has 0 spiro atoms. The molecule has 0 unspecified atom stereocenters. The molecular formula is C18H25N3O5S. The molecule has 2 saturated heterocycles. The Kier molecular flexibility index (Phi) is 4.72. The molecule has 1 saturated carbocycles. The Morgan fingerprint density at radius 2 is 2.07 bits per heavy atom. The largest absolute Gasteiger partial charge is 0.477 e. The summed E-state index contributed by atoms with van der Waals surface area (Å²) in [4.78, 5) is 38.2. The van der Waals surface area contributed by atoms with Gasteiger partial charge in [0.2, 0.25) is 11.8 Å². The number of β-lactam (4-membered cyclic amide) rings is 1. The van der Waals surface area contributed by atoms with E-state index in [1.165, 1.54) is 16.7 Å². The molecule has 8 nitrogen and oxygen atoms in total. The van der Waals surface area contributed by atoms with Crippen LogP contribution >= 0.6 is 11.8 Å². The highest BCUT2D eigenvalue weighted by Crippen LogP contribution is 2.51. The molecule has 3 aliphatic heterocycles. The fraction of sp³-hybridized carbons (Fsp3) is 0.722. The molecule has 3 fully saturated rings. The molecule has 0 bridgehead atoms. The molecule has 6 atom stereocenters. The maximum Gasteiger partial charge on any atom is 0.353 e. The van der Waals surface area contributed by atoms with Crippen molar-refractivity contribution < 1.29 is 24.6 Å². The molecule has 3 heterocycles. The molecular weight excluding hydrogens is 370 g/mol. The Balaban J connectivity index is 1.45. The first-order chi connectivity index (χ1) is 12.8. The second kappa shape index (κ2) is 6.79. The van der Waals surface area contributed by atoms with Crippen LogP contribution in [0.25, 0.3) is 0 Å². The number of fused-ring (bicyclic) bond motifs is 1. The van der Waals surface area contributed by atoms with Crippen molar-refractivity contribution in [2.45, 2.75) is 56.7 Å². The van der Waals surface area contributed by atoms with Crippen LogP contribution in [0.5, 0.6) is 0 Å². The number of carboxylic acids is 1. The molecule has 0 aromatic rings. The number of amides is 2. The van der Waals surface area contributed by atoms with Gasteiger partial charge in [-0.25, -0.2) is 4.79 Å². The highest BCUT2D eigenvalue weighted by Gasteiger charge is 2.60. The molecule has 0 aromatic carbocycles. The number of carboxylic acid groups (broad SMARTS) is 1. The van der Waals surface area contributed by atoms with E-state index >= 15 is 0 Å². The van der Waals surface area contributed by atoms with Gasteiger partial charge in [0.25, 0.3) is 0 Å². The number of hydrogen-bond acceptors (Lipinski definition) is 6. The van der Waals surface area contributed by atoms with Gasteiger partial charge >= 0.3 is 5.97 Å². The minimum atomic E-state index is -1.10. The second-order valence-electron chi connectivity index (χ2n) is 7.99. The lowest BCUT2D eigenvalue weighted by atomic mass is 9.79. The van der Waals surface area contributed by atoms with Crippen LogP contribution in [-0.2, 0) is 14.4 Å². The average molecular weight is 395 g/mol. The number of carbonyl (C=O) groups excluding carboxylic acids is 2. The standard InChI is InChI=1S/C18H25N3O5S/c1-7-13-12(8(2)22)17(24)21(13)14(18(25)26)15(7)27-10-5-11(19-6-10)20-16(23)9-3-4-9/h7-13,19,22H,3-6H2,1-2H3,(H,20,23)(H,25,26)/t7-,8-,10+,11+,12-,13-/m1/s1. The molecule has 2 amide bonds. The quantitative estimate of drug-likeness (QED) is 0.471. The monoisotopic (exact) mass is 395 g/mol. The Morgan fingerprint density at radius 3 is 2.67 bits per heavy atom. The summed E-state index contributed by atoms with van der Waals surface area (Å²) in [6.45, 7) is 4.17. The van der Waals surface area contributed by atoms with Crippen molar-refractivity contribution in [3.05, 3.63) is 10.6 Å². The van der Waals surface area contributed by atoms with Crippen molar-refractivity contribution in [1.29, 1.82) is 0 Å². The Hall–Kier alpha value is -1.58. The summed E-state index contributed by atoms with van der Waals surface area (Å²) >= 11 is 1.49. The van der Waals surface area contributed by atoms with Crippen LogP contribution in [0.15, 0.2) is 10.6 Å². The number of aliphatic hydroxyl groups is 1. The molecule has 0 aromatic heterocycles. The zero-order valence-corrected chi connectivity index (χ0v) is 16.2. The van der Waals surface area contributed by atoms with E-state index in [4.69, 9.17) is 0 Å². The predicted octanol–water partition coefficient (Wildman–Crippen LogP) is 0.0875. The molecule has 9 heteroatoms. The molecule has 1 aliphatic carbocycles. The van der Waals surface area contributed by atoms with Crippen molar-refractivity contribution >= 4 is 29.5 Å². The van der Waals surface area contributed by atoms with Gasteiger partial charge in [0.1, 0.15) is 5.70 Å². The summed E-state index contributed by atoms with van der Waals surface area (Å²) in [7, 11) is 0. The molecule has 4 aliphatic rings. The Labute approximate surface area is 161 Å². The summed E-state index contributed by atoms with van der Waals surface area (Å²) < 4.78 is 0. The van der Waals surface area contributed by atoms with Crippen molar-refractivity contribution in [2.24, 2.45) is 17.8 Å². The van der Waals surface area contributed by atoms with Crippen LogP contribution < -0.4 is 10.6 Å². The van der Waals surface area contributed by atoms with Crippen molar-refractivity contribution in [1.82, 2.24) is 15.5 Å². The highest BCUT2D eigenvalue weighted by molar-refractivity contribution is 8.03. The third kappa shape index (κ3) is 3.15. The molecule has 0 radical (unpaired) electrons. The van der Waals surface area contributed by atoms with Gasteiger partial charge in [-0.1, -0.05) is 6.92 Å². The van der Waals surface area contributed by atoms with E-state index in [0.29, 0.717) is 17.9 Å². The van der Waals surface area contributed by atoms with Crippen LogP contribution in [0.4, 0.5) is 0 Å². The SMILES string of the molecule is C[C@@H](O)[C@H]1C(=O)N2C(C(=O)O)=C(S[C@@H]3CN[C@@H](NC(=O)C4CC4)C3)[C@H](C)[C@H]12. The minimum absolute atomic E-state index is 0.0601. The zero-order valence-electron chi connectivity index (χ0n) is 15.3. The van der Waals surface area contributed by atoms with E-state index in [0.717, 1.165) is 12.8 Å².